The molecule has 1 aromatic carbocycles. The van der Waals surface area contributed by atoms with E-state index in [0.717, 1.165) is 31.6 Å². The number of rotatable bonds is 5. The van der Waals surface area contributed by atoms with Crippen molar-refractivity contribution in [3.63, 3.8) is 0 Å². The van der Waals surface area contributed by atoms with Gasteiger partial charge in [0.1, 0.15) is 6.26 Å². The fourth-order valence-electron chi connectivity index (χ4n) is 4.35. The standard InChI is InChI=1S/C23H28N4O4/c24-21(28)17-4-5-20(26-9-2-1-3-10-26)19(14-17)25-22(29)16-6-11-27(12-7-16)23(30)18-8-13-31-15-18/h4-5,8,13-16H,1-3,6-7,9-12H2,(H2,24,28)(H,25,29). The Morgan fingerprint density at radius 3 is 2.35 bits per heavy atom. The summed E-state index contributed by atoms with van der Waals surface area (Å²) in [5.41, 5.74) is 7.90. The van der Waals surface area contributed by atoms with Crippen molar-refractivity contribution in [3.05, 3.63) is 47.9 Å². The number of furan rings is 1. The molecule has 0 bridgehead atoms. The number of primary amides is 1. The third kappa shape index (κ3) is 4.73. The lowest BCUT2D eigenvalue weighted by molar-refractivity contribution is -0.121. The molecule has 0 unspecified atom stereocenters. The molecule has 8 heteroatoms. The first-order valence-corrected chi connectivity index (χ1v) is 10.8. The predicted molar refractivity (Wildman–Crippen MR) is 117 cm³/mol. The first kappa shape index (κ1) is 21.0. The van der Waals surface area contributed by atoms with Crippen LogP contribution in [0, 0.1) is 5.92 Å². The topological polar surface area (TPSA) is 109 Å². The van der Waals surface area contributed by atoms with E-state index >= 15 is 0 Å². The van der Waals surface area contributed by atoms with Crippen LogP contribution < -0.4 is 16.0 Å². The minimum atomic E-state index is -0.522. The Hall–Kier alpha value is -3.29. The SMILES string of the molecule is NC(=O)c1ccc(N2CCCCC2)c(NC(=O)C2CCN(C(=O)c3ccoc3)CC2)c1. The van der Waals surface area contributed by atoms with Gasteiger partial charge >= 0.3 is 0 Å². The number of likely N-dealkylation sites (tertiary alicyclic amines) is 1. The summed E-state index contributed by atoms with van der Waals surface area (Å²) < 4.78 is 4.99. The number of benzene rings is 1. The van der Waals surface area contributed by atoms with Crippen molar-refractivity contribution >= 4 is 29.1 Å². The largest absolute Gasteiger partial charge is 0.472 e. The number of amides is 3. The van der Waals surface area contributed by atoms with E-state index in [0.29, 0.717) is 42.7 Å². The minimum absolute atomic E-state index is 0.0749. The molecule has 31 heavy (non-hydrogen) atoms. The number of carbonyl (C=O) groups excluding carboxylic acids is 3. The van der Waals surface area contributed by atoms with E-state index in [-0.39, 0.29) is 17.7 Å². The molecule has 1 aromatic heterocycles. The van der Waals surface area contributed by atoms with Crippen LogP contribution in [0.1, 0.15) is 52.8 Å². The molecule has 2 aliphatic rings. The number of hydrogen-bond acceptors (Lipinski definition) is 5. The van der Waals surface area contributed by atoms with Crippen molar-refractivity contribution < 1.29 is 18.8 Å². The van der Waals surface area contributed by atoms with Gasteiger partial charge in [-0.15, -0.1) is 0 Å². The van der Waals surface area contributed by atoms with Crippen LogP contribution in [0.4, 0.5) is 11.4 Å². The average molecular weight is 425 g/mol. The summed E-state index contributed by atoms with van der Waals surface area (Å²) in [4.78, 5) is 41.2. The van der Waals surface area contributed by atoms with Crippen LogP contribution in [0.5, 0.6) is 0 Å². The zero-order chi connectivity index (χ0) is 21.8. The molecule has 0 aliphatic carbocycles. The summed E-state index contributed by atoms with van der Waals surface area (Å²) in [6, 6.07) is 6.89. The van der Waals surface area contributed by atoms with Crippen LogP contribution in [0.3, 0.4) is 0 Å². The summed E-state index contributed by atoms with van der Waals surface area (Å²) in [5, 5.41) is 3.04. The van der Waals surface area contributed by atoms with Crippen LogP contribution in [-0.4, -0.2) is 48.8 Å². The monoisotopic (exact) mass is 424 g/mol. The van der Waals surface area contributed by atoms with Crippen LogP contribution in [0.25, 0.3) is 0 Å². The number of hydrogen-bond donors (Lipinski definition) is 2. The van der Waals surface area contributed by atoms with Gasteiger partial charge in [0, 0.05) is 37.7 Å². The van der Waals surface area contributed by atoms with Crippen molar-refractivity contribution in [3.8, 4) is 0 Å². The van der Waals surface area contributed by atoms with Gasteiger partial charge in [-0.25, -0.2) is 0 Å². The number of anilines is 2. The molecule has 2 aromatic rings. The van der Waals surface area contributed by atoms with Crippen LogP contribution in [0.15, 0.2) is 41.2 Å². The van der Waals surface area contributed by atoms with Crippen LogP contribution in [-0.2, 0) is 4.79 Å². The maximum absolute atomic E-state index is 13.0. The molecule has 0 atom stereocenters. The molecule has 3 amide bonds. The van der Waals surface area contributed by atoms with Crippen molar-refractivity contribution in [1.29, 1.82) is 0 Å². The number of nitrogens with two attached hydrogens (primary N) is 1. The first-order valence-electron chi connectivity index (χ1n) is 10.8. The van der Waals surface area contributed by atoms with E-state index in [9.17, 15) is 14.4 Å². The molecule has 2 fully saturated rings. The molecule has 0 radical (unpaired) electrons. The molecular weight excluding hydrogens is 396 g/mol. The number of nitrogens with one attached hydrogen (secondary N) is 1. The molecular formula is C23H28N4O4. The van der Waals surface area contributed by atoms with E-state index in [1.54, 1.807) is 23.1 Å². The zero-order valence-corrected chi connectivity index (χ0v) is 17.5. The first-order chi connectivity index (χ1) is 15.0. The van der Waals surface area contributed by atoms with Gasteiger partial charge in [-0.1, -0.05) is 0 Å². The Labute approximate surface area is 181 Å². The molecule has 0 spiro atoms. The molecule has 8 nitrogen and oxygen atoms in total. The van der Waals surface area contributed by atoms with Crippen molar-refractivity contribution in [1.82, 2.24) is 4.90 Å². The van der Waals surface area contributed by atoms with Crippen molar-refractivity contribution in [2.75, 3.05) is 36.4 Å². The smallest absolute Gasteiger partial charge is 0.257 e. The van der Waals surface area contributed by atoms with Gasteiger partial charge in [-0.3, -0.25) is 14.4 Å². The van der Waals surface area contributed by atoms with Gasteiger partial charge in [0.05, 0.1) is 23.2 Å². The predicted octanol–water partition coefficient (Wildman–Crippen LogP) is 2.86. The lowest BCUT2D eigenvalue weighted by atomic mass is 9.95. The quantitative estimate of drug-likeness (QED) is 0.767. The fourth-order valence-corrected chi connectivity index (χ4v) is 4.35. The van der Waals surface area contributed by atoms with Gasteiger partial charge in [0.15, 0.2) is 0 Å². The normalized spacial score (nSPS) is 17.4. The Balaban J connectivity index is 1.43. The van der Waals surface area contributed by atoms with Gasteiger partial charge in [-0.2, -0.15) is 0 Å². The maximum Gasteiger partial charge on any atom is 0.257 e. The Morgan fingerprint density at radius 1 is 0.968 bits per heavy atom. The number of piperidine rings is 2. The van der Waals surface area contributed by atoms with E-state index in [2.05, 4.69) is 10.2 Å². The summed E-state index contributed by atoms with van der Waals surface area (Å²) in [5.74, 6) is -0.879. The fraction of sp³-hybridized carbons (Fsp3) is 0.435. The summed E-state index contributed by atoms with van der Waals surface area (Å²) in [6.07, 6.45) is 7.51. The molecule has 3 N–H and O–H groups in total. The Kier molecular flexibility index (Phi) is 6.25. The highest BCUT2D eigenvalue weighted by molar-refractivity contribution is 6.00. The maximum atomic E-state index is 13.0. The molecule has 2 saturated heterocycles. The van der Waals surface area contributed by atoms with Crippen LogP contribution in [0.2, 0.25) is 0 Å². The third-order valence-electron chi connectivity index (χ3n) is 6.16. The lowest BCUT2D eigenvalue weighted by Gasteiger charge is -2.33. The van der Waals surface area contributed by atoms with Crippen molar-refractivity contribution in [2.45, 2.75) is 32.1 Å². The number of nitrogens with zero attached hydrogens (tertiary/aromatic N) is 2. The highest BCUT2D eigenvalue weighted by Crippen LogP contribution is 2.31. The lowest BCUT2D eigenvalue weighted by Crippen LogP contribution is -2.41. The second-order valence-corrected chi connectivity index (χ2v) is 8.21. The zero-order valence-electron chi connectivity index (χ0n) is 17.5. The highest BCUT2D eigenvalue weighted by Gasteiger charge is 2.29. The minimum Gasteiger partial charge on any atom is -0.472 e. The molecule has 4 rings (SSSR count). The van der Waals surface area contributed by atoms with Crippen molar-refractivity contribution in [2.24, 2.45) is 11.7 Å². The van der Waals surface area contributed by atoms with Crippen LogP contribution >= 0.6 is 0 Å². The molecule has 164 valence electrons. The Bertz CT molecular complexity index is 942. The van der Waals surface area contributed by atoms with Gasteiger partial charge in [0.2, 0.25) is 11.8 Å². The summed E-state index contributed by atoms with van der Waals surface area (Å²) in [7, 11) is 0. The second kappa shape index (κ2) is 9.24. The van der Waals surface area contributed by atoms with E-state index in [1.807, 2.05) is 6.07 Å². The Morgan fingerprint density at radius 2 is 1.71 bits per heavy atom. The average Bonchev–Trinajstić information content (AvgIpc) is 3.34. The van der Waals surface area contributed by atoms with E-state index < -0.39 is 5.91 Å². The highest BCUT2D eigenvalue weighted by atomic mass is 16.3. The van der Waals surface area contributed by atoms with Gasteiger partial charge < -0.3 is 25.3 Å². The molecule has 3 heterocycles. The molecule has 0 saturated carbocycles. The second-order valence-electron chi connectivity index (χ2n) is 8.21. The number of carbonyl (C=O) groups is 3. The summed E-state index contributed by atoms with van der Waals surface area (Å²) in [6.45, 7) is 2.88. The third-order valence-corrected chi connectivity index (χ3v) is 6.16. The van der Waals surface area contributed by atoms with Gasteiger partial charge in [0.25, 0.3) is 5.91 Å². The molecule has 2 aliphatic heterocycles. The van der Waals surface area contributed by atoms with E-state index in [1.165, 1.54) is 18.9 Å². The summed E-state index contributed by atoms with van der Waals surface area (Å²) >= 11 is 0. The van der Waals surface area contributed by atoms with Gasteiger partial charge in [-0.05, 0) is 56.4 Å². The van der Waals surface area contributed by atoms with E-state index in [4.69, 9.17) is 10.2 Å².